The summed E-state index contributed by atoms with van der Waals surface area (Å²) in [6, 6.07) is 6.65. The average molecular weight is 405 g/mol. The highest BCUT2D eigenvalue weighted by Gasteiger charge is 2.22. The molecule has 0 radical (unpaired) electrons. The molecule has 1 aromatic carbocycles. The number of hydrogen-bond acceptors (Lipinski definition) is 6. The monoisotopic (exact) mass is 404 g/mol. The minimum Gasteiger partial charge on any atom is -0.497 e. The van der Waals surface area contributed by atoms with Gasteiger partial charge in [-0.05, 0) is 36.6 Å². The Morgan fingerprint density at radius 3 is 2.93 bits per heavy atom. The van der Waals surface area contributed by atoms with Crippen LogP contribution in [0.5, 0.6) is 5.75 Å². The summed E-state index contributed by atoms with van der Waals surface area (Å²) >= 11 is 2.96. The number of hydrogen-bond donors (Lipinski definition) is 3. The lowest BCUT2D eigenvalue weighted by atomic mass is 10.2. The van der Waals surface area contributed by atoms with Crippen molar-refractivity contribution in [2.45, 2.75) is 12.5 Å². The Morgan fingerprint density at radius 2 is 2.22 bits per heavy atom. The molecular weight excluding hydrogens is 384 g/mol. The van der Waals surface area contributed by atoms with E-state index in [9.17, 15) is 9.59 Å². The third-order valence-corrected chi connectivity index (χ3v) is 5.30. The zero-order valence-corrected chi connectivity index (χ0v) is 16.6. The van der Waals surface area contributed by atoms with E-state index in [0.29, 0.717) is 23.0 Å². The van der Waals surface area contributed by atoms with E-state index in [1.54, 1.807) is 36.5 Å². The fraction of sp³-hybridized carbons (Fsp3) is 0.278. The van der Waals surface area contributed by atoms with E-state index in [1.165, 1.54) is 11.3 Å². The van der Waals surface area contributed by atoms with Crippen LogP contribution in [0.1, 0.15) is 16.9 Å². The third kappa shape index (κ3) is 4.81. The average Bonchev–Trinajstić information content (AvgIpc) is 3.33. The molecule has 3 N–H and O–H groups in total. The lowest BCUT2D eigenvalue weighted by molar-refractivity contribution is -0.118. The zero-order chi connectivity index (χ0) is 19.2. The summed E-state index contributed by atoms with van der Waals surface area (Å²) in [7, 11) is 1.59. The molecule has 0 bridgehead atoms. The summed E-state index contributed by atoms with van der Waals surface area (Å²) in [6.07, 6.45) is 4.11. The molecule has 3 rings (SSSR count). The summed E-state index contributed by atoms with van der Waals surface area (Å²) in [4.78, 5) is 32.3. The molecule has 0 unspecified atom stereocenters. The normalized spacial score (nSPS) is 11.9. The smallest absolute Gasteiger partial charge is 0.268 e. The Balaban J connectivity index is 1.74. The number of fused-ring (bicyclic) bond motifs is 1. The Labute approximate surface area is 164 Å². The zero-order valence-electron chi connectivity index (χ0n) is 14.9. The van der Waals surface area contributed by atoms with Gasteiger partial charge in [-0.25, -0.2) is 4.98 Å². The van der Waals surface area contributed by atoms with E-state index in [1.807, 2.05) is 24.5 Å². The lowest BCUT2D eigenvalue weighted by Gasteiger charge is -2.17. The van der Waals surface area contributed by atoms with Crippen LogP contribution in [0.15, 0.2) is 35.8 Å². The van der Waals surface area contributed by atoms with Crippen molar-refractivity contribution in [1.82, 2.24) is 15.3 Å². The Bertz CT molecular complexity index is 924. The number of carbonyl (C=O) groups excluding carboxylic acids is 2. The van der Waals surface area contributed by atoms with Crippen molar-refractivity contribution < 1.29 is 14.3 Å². The molecule has 1 atom stereocenters. The molecule has 0 saturated carbocycles. The SMILES string of the molecule is COc1ccc2cc(C(=O)N[C@@H](CCSC)C(=O)Nc3nccs3)[nH]c2c1. The van der Waals surface area contributed by atoms with Gasteiger partial charge >= 0.3 is 0 Å². The summed E-state index contributed by atoms with van der Waals surface area (Å²) in [6.45, 7) is 0. The topological polar surface area (TPSA) is 96.1 Å². The lowest BCUT2D eigenvalue weighted by Crippen LogP contribution is -2.44. The van der Waals surface area contributed by atoms with Crippen molar-refractivity contribution in [3.63, 3.8) is 0 Å². The third-order valence-electron chi connectivity index (χ3n) is 3.97. The fourth-order valence-corrected chi connectivity index (χ4v) is 3.58. The van der Waals surface area contributed by atoms with Crippen LogP contribution in [0.3, 0.4) is 0 Å². The number of methoxy groups -OCH3 is 1. The van der Waals surface area contributed by atoms with Gasteiger partial charge in [0.15, 0.2) is 5.13 Å². The quantitative estimate of drug-likeness (QED) is 0.536. The molecule has 2 aromatic heterocycles. The molecule has 2 amide bonds. The van der Waals surface area contributed by atoms with Crippen molar-refractivity contribution in [2.24, 2.45) is 0 Å². The maximum atomic E-state index is 12.7. The molecular formula is C18H20N4O3S2. The Hall–Kier alpha value is -2.52. The number of nitrogens with zero attached hydrogens (tertiary/aromatic N) is 1. The van der Waals surface area contributed by atoms with Crippen LogP contribution >= 0.6 is 23.1 Å². The second-order valence-electron chi connectivity index (χ2n) is 5.77. The number of amides is 2. The number of rotatable bonds is 8. The van der Waals surface area contributed by atoms with E-state index in [0.717, 1.165) is 16.7 Å². The number of H-pyrrole nitrogens is 1. The predicted molar refractivity (Wildman–Crippen MR) is 110 cm³/mol. The number of thiazole rings is 1. The van der Waals surface area contributed by atoms with Gasteiger partial charge in [0, 0.05) is 28.5 Å². The fourth-order valence-electron chi connectivity index (χ4n) is 2.57. The van der Waals surface area contributed by atoms with Gasteiger partial charge in [-0.3, -0.25) is 9.59 Å². The molecule has 0 aliphatic heterocycles. The number of aromatic nitrogens is 2. The number of nitrogens with one attached hydrogen (secondary N) is 3. The number of aromatic amines is 1. The highest BCUT2D eigenvalue weighted by Crippen LogP contribution is 2.21. The van der Waals surface area contributed by atoms with E-state index >= 15 is 0 Å². The highest BCUT2D eigenvalue weighted by atomic mass is 32.2. The van der Waals surface area contributed by atoms with Gasteiger partial charge in [0.05, 0.1) is 7.11 Å². The minimum atomic E-state index is -0.644. The van der Waals surface area contributed by atoms with Crippen molar-refractivity contribution in [2.75, 3.05) is 24.4 Å². The van der Waals surface area contributed by atoms with Gasteiger partial charge in [0.25, 0.3) is 5.91 Å². The molecule has 0 spiro atoms. The molecule has 0 fully saturated rings. The molecule has 142 valence electrons. The van der Waals surface area contributed by atoms with Gasteiger partial charge in [-0.15, -0.1) is 11.3 Å². The van der Waals surface area contributed by atoms with Crippen LogP contribution in [0.25, 0.3) is 10.9 Å². The Kier molecular flexibility index (Phi) is 6.36. The number of ether oxygens (including phenoxy) is 1. The Morgan fingerprint density at radius 1 is 1.37 bits per heavy atom. The first kappa shape index (κ1) is 19.2. The van der Waals surface area contributed by atoms with Crippen LogP contribution in [0, 0.1) is 0 Å². The number of carbonyl (C=O) groups is 2. The molecule has 9 heteroatoms. The van der Waals surface area contributed by atoms with Crippen LogP contribution < -0.4 is 15.4 Å². The molecule has 0 saturated heterocycles. The first-order valence-corrected chi connectivity index (χ1v) is 10.5. The van der Waals surface area contributed by atoms with Crippen molar-refractivity contribution in [1.29, 1.82) is 0 Å². The van der Waals surface area contributed by atoms with Crippen LogP contribution in [-0.4, -0.2) is 46.9 Å². The second kappa shape index (κ2) is 8.92. The largest absolute Gasteiger partial charge is 0.497 e. The molecule has 27 heavy (non-hydrogen) atoms. The summed E-state index contributed by atoms with van der Waals surface area (Å²) in [5.74, 6) is 0.854. The molecule has 0 aliphatic rings. The van der Waals surface area contributed by atoms with Gasteiger partial charge in [-0.2, -0.15) is 11.8 Å². The molecule has 7 nitrogen and oxygen atoms in total. The van der Waals surface area contributed by atoms with E-state index in [-0.39, 0.29) is 11.8 Å². The second-order valence-corrected chi connectivity index (χ2v) is 7.65. The summed E-state index contributed by atoms with van der Waals surface area (Å²) < 4.78 is 5.20. The van der Waals surface area contributed by atoms with Gasteiger partial charge < -0.3 is 20.4 Å². The van der Waals surface area contributed by atoms with Gasteiger partial charge in [0.2, 0.25) is 5.91 Å². The molecule has 3 aromatic rings. The van der Waals surface area contributed by atoms with Crippen molar-refractivity contribution in [3.8, 4) is 5.75 Å². The summed E-state index contributed by atoms with van der Waals surface area (Å²) in [5.41, 5.74) is 1.20. The van der Waals surface area contributed by atoms with E-state index in [2.05, 4.69) is 20.6 Å². The van der Waals surface area contributed by atoms with Gasteiger partial charge in [0.1, 0.15) is 17.5 Å². The van der Waals surface area contributed by atoms with Gasteiger partial charge in [-0.1, -0.05) is 0 Å². The van der Waals surface area contributed by atoms with E-state index in [4.69, 9.17) is 4.74 Å². The minimum absolute atomic E-state index is 0.273. The van der Waals surface area contributed by atoms with Crippen molar-refractivity contribution >= 4 is 50.9 Å². The first-order chi connectivity index (χ1) is 13.1. The molecule has 2 heterocycles. The first-order valence-electron chi connectivity index (χ1n) is 8.27. The van der Waals surface area contributed by atoms with E-state index < -0.39 is 6.04 Å². The highest BCUT2D eigenvalue weighted by molar-refractivity contribution is 7.98. The molecule has 0 aliphatic carbocycles. The van der Waals surface area contributed by atoms with Crippen LogP contribution in [-0.2, 0) is 4.79 Å². The maximum absolute atomic E-state index is 12.7. The maximum Gasteiger partial charge on any atom is 0.268 e. The predicted octanol–water partition coefficient (Wildman–Crippen LogP) is 3.12. The summed E-state index contributed by atoms with van der Waals surface area (Å²) in [5, 5.41) is 8.76. The number of thioether (sulfide) groups is 1. The standard InChI is InChI=1S/C18H20N4O3S2/c1-25-12-4-3-11-9-15(20-14(11)10-12)17(24)21-13(5-7-26-2)16(23)22-18-19-6-8-27-18/h3-4,6,8-10,13,20H,5,7H2,1-2H3,(H,21,24)(H,19,22,23)/t13-/m0/s1. The number of benzene rings is 1. The van der Waals surface area contributed by atoms with Crippen LogP contribution in [0.2, 0.25) is 0 Å². The van der Waals surface area contributed by atoms with Crippen LogP contribution in [0.4, 0.5) is 5.13 Å². The van der Waals surface area contributed by atoms with Crippen molar-refractivity contribution in [3.05, 3.63) is 41.5 Å². The number of anilines is 1.